The lowest BCUT2D eigenvalue weighted by atomic mass is 9.88. The van der Waals surface area contributed by atoms with Gasteiger partial charge < -0.3 is 14.7 Å². The van der Waals surface area contributed by atoms with Crippen molar-refractivity contribution in [3.63, 3.8) is 0 Å². The molecule has 2 aromatic rings. The Labute approximate surface area is 221 Å². The van der Waals surface area contributed by atoms with Crippen LogP contribution in [-0.4, -0.2) is 83.9 Å². The van der Waals surface area contributed by atoms with Gasteiger partial charge in [0, 0.05) is 60.7 Å². The molecule has 0 saturated carbocycles. The maximum atomic E-state index is 12.7. The highest BCUT2D eigenvalue weighted by molar-refractivity contribution is 6.36. The number of ether oxygens (including phenoxy) is 1. The molecule has 2 amide bonds. The zero-order valence-corrected chi connectivity index (χ0v) is 21.7. The molecule has 7 nitrogen and oxygen atoms in total. The highest BCUT2D eigenvalue weighted by Gasteiger charge is 2.35. The molecule has 3 fully saturated rings. The number of carbonyl (C=O) groups is 2. The fourth-order valence-corrected chi connectivity index (χ4v) is 5.98. The first-order chi connectivity index (χ1) is 17.4. The summed E-state index contributed by atoms with van der Waals surface area (Å²) in [5.74, 6) is 0.0914. The molecule has 0 bridgehead atoms. The Kier molecular flexibility index (Phi) is 7.84. The van der Waals surface area contributed by atoms with E-state index in [0.717, 1.165) is 29.7 Å². The molecule has 192 valence electrons. The number of amides is 2. The van der Waals surface area contributed by atoms with Crippen molar-refractivity contribution >= 4 is 35.0 Å². The summed E-state index contributed by atoms with van der Waals surface area (Å²) >= 11 is 13.4. The molecule has 1 N–H and O–H groups in total. The van der Waals surface area contributed by atoms with E-state index < -0.39 is 6.10 Å². The molecule has 2 aromatic carbocycles. The van der Waals surface area contributed by atoms with Gasteiger partial charge in [-0.1, -0.05) is 35.3 Å². The quantitative estimate of drug-likeness (QED) is 0.633. The number of hydrogen-bond acceptors (Lipinski definition) is 5. The molecule has 36 heavy (non-hydrogen) atoms. The van der Waals surface area contributed by atoms with Gasteiger partial charge in [-0.05, 0) is 60.2 Å². The number of aliphatic hydroxyl groups is 1. The smallest absolute Gasteiger partial charge is 0.254 e. The molecule has 2 unspecified atom stereocenters. The minimum atomic E-state index is -0.470. The third-order valence-corrected chi connectivity index (χ3v) is 8.11. The second-order valence-electron chi connectivity index (χ2n) is 9.75. The second kappa shape index (κ2) is 11.1. The number of piperidine rings is 1. The van der Waals surface area contributed by atoms with Gasteiger partial charge in [0.25, 0.3) is 5.91 Å². The van der Waals surface area contributed by atoms with E-state index in [4.69, 9.17) is 27.9 Å². The van der Waals surface area contributed by atoms with Crippen molar-refractivity contribution in [1.82, 2.24) is 14.9 Å². The van der Waals surface area contributed by atoms with Crippen molar-refractivity contribution in [2.24, 2.45) is 5.92 Å². The number of benzene rings is 2. The van der Waals surface area contributed by atoms with Crippen molar-refractivity contribution < 1.29 is 19.4 Å². The van der Waals surface area contributed by atoms with Gasteiger partial charge in [-0.25, -0.2) is 5.01 Å². The van der Waals surface area contributed by atoms with E-state index in [1.165, 1.54) is 0 Å². The van der Waals surface area contributed by atoms with Crippen LogP contribution < -0.4 is 0 Å². The summed E-state index contributed by atoms with van der Waals surface area (Å²) in [5.41, 5.74) is 3.23. The highest BCUT2D eigenvalue weighted by atomic mass is 35.5. The van der Waals surface area contributed by atoms with Crippen LogP contribution in [0.15, 0.2) is 36.4 Å². The maximum absolute atomic E-state index is 12.7. The lowest BCUT2D eigenvalue weighted by molar-refractivity contribution is -0.150. The zero-order valence-electron chi connectivity index (χ0n) is 20.2. The summed E-state index contributed by atoms with van der Waals surface area (Å²) in [7, 11) is 0. The first-order valence-electron chi connectivity index (χ1n) is 12.6. The second-order valence-corrected chi connectivity index (χ2v) is 10.6. The maximum Gasteiger partial charge on any atom is 0.254 e. The van der Waals surface area contributed by atoms with Gasteiger partial charge in [0.1, 0.15) is 0 Å². The van der Waals surface area contributed by atoms with Crippen LogP contribution in [0, 0.1) is 5.92 Å². The molecular formula is C27H31Cl2N3O4. The lowest BCUT2D eigenvalue weighted by Gasteiger charge is -2.40. The predicted octanol–water partition coefficient (Wildman–Crippen LogP) is 3.90. The van der Waals surface area contributed by atoms with Crippen LogP contribution in [0.25, 0.3) is 11.1 Å². The van der Waals surface area contributed by atoms with Gasteiger partial charge in [0.15, 0.2) is 0 Å². The highest BCUT2D eigenvalue weighted by Crippen LogP contribution is 2.35. The Hall–Kier alpha value is -2.16. The molecule has 3 aliphatic heterocycles. The Morgan fingerprint density at radius 2 is 1.69 bits per heavy atom. The standard InChI is InChI=1S/C27H31Cl2N3O4/c28-23-15-20(18-3-5-19(6-4-18)27(35)30-10-12-36-13-11-30)16-24(29)22(23)14-21-17-31(9-7-25(21)33)32-8-1-2-26(32)34/h3-6,15-16,21,25,33H,1-2,7-14,17H2. The summed E-state index contributed by atoms with van der Waals surface area (Å²) in [6.07, 6.45) is 2.14. The van der Waals surface area contributed by atoms with Crippen LogP contribution >= 0.6 is 23.2 Å². The lowest BCUT2D eigenvalue weighted by Crippen LogP contribution is -2.52. The monoisotopic (exact) mass is 531 g/mol. The molecule has 3 saturated heterocycles. The van der Waals surface area contributed by atoms with Gasteiger partial charge in [-0.3, -0.25) is 14.6 Å². The first-order valence-corrected chi connectivity index (χ1v) is 13.3. The zero-order chi connectivity index (χ0) is 25.2. The van der Waals surface area contributed by atoms with Crippen LogP contribution in [0.1, 0.15) is 35.2 Å². The first kappa shape index (κ1) is 25.5. The van der Waals surface area contributed by atoms with Gasteiger partial charge in [0.2, 0.25) is 5.91 Å². The molecule has 0 spiro atoms. The number of halogens is 2. The summed E-state index contributed by atoms with van der Waals surface area (Å²) < 4.78 is 5.33. The summed E-state index contributed by atoms with van der Waals surface area (Å²) in [6.45, 7) is 4.37. The fraction of sp³-hybridized carbons (Fsp3) is 0.481. The van der Waals surface area contributed by atoms with Crippen molar-refractivity contribution in [3.8, 4) is 11.1 Å². The van der Waals surface area contributed by atoms with Crippen molar-refractivity contribution in [1.29, 1.82) is 0 Å². The predicted molar refractivity (Wildman–Crippen MR) is 139 cm³/mol. The molecule has 9 heteroatoms. The summed E-state index contributed by atoms with van der Waals surface area (Å²) in [4.78, 5) is 26.7. The number of rotatable bonds is 5. The topological polar surface area (TPSA) is 73.3 Å². The molecule has 5 rings (SSSR count). The largest absolute Gasteiger partial charge is 0.393 e. The van der Waals surface area contributed by atoms with E-state index in [2.05, 4.69) is 5.01 Å². The Bertz CT molecular complexity index is 1100. The van der Waals surface area contributed by atoms with Crippen molar-refractivity contribution in [2.45, 2.75) is 31.8 Å². The van der Waals surface area contributed by atoms with E-state index in [-0.39, 0.29) is 17.7 Å². The van der Waals surface area contributed by atoms with E-state index in [1.54, 1.807) is 0 Å². The molecule has 3 aliphatic rings. The number of carbonyl (C=O) groups excluding carboxylic acids is 2. The van der Waals surface area contributed by atoms with E-state index in [9.17, 15) is 14.7 Å². The molecule has 3 heterocycles. The van der Waals surface area contributed by atoms with Crippen LogP contribution in [0.4, 0.5) is 0 Å². The van der Waals surface area contributed by atoms with Gasteiger partial charge in [-0.2, -0.15) is 0 Å². The number of hydrogen-bond donors (Lipinski definition) is 1. The summed E-state index contributed by atoms with van der Waals surface area (Å²) in [6, 6.07) is 11.2. The minimum Gasteiger partial charge on any atom is -0.393 e. The van der Waals surface area contributed by atoms with E-state index in [0.29, 0.717) is 74.3 Å². The molecule has 0 aliphatic carbocycles. The average Bonchev–Trinajstić information content (AvgIpc) is 3.33. The average molecular weight is 532 g/mol. The van der Waals surface area contributed by atoms with Crippen LogP contribution in [0.2, 0.25) is 10.0 Å². The third kappa shape index (κ3) is 5.41. The number of nitrogens with zero attached hydrogens (tertiary/aromatic N) is 3. The number of hydrazine groups is 1. The normalized spacial score (nSPS) is 23.4. The Morgan fingerprint density at radius 3 is 2.33 bits per heavy atom. The van der Waals surface area contributed by atoms with Gasteiger partial charge >= 0.3 is 0 Å². The molecule has 0 aromatic heterocycles. The number of morpholine rings is 1. The molecule has 0 radical (unpaired) electrons. The van der Waals surface area contributed by atoms with E-state index >= 15 is 0 Å². The minimum absolute atomic E-state index is 0.00646. The van der Waals surface area contributed by atoms with E-state index in [1.807, 2.05) is 46.3 Å². The molecule has 2 atom stereocenters. The van der Waals surface area contributed by atoms with Crippen LogP contribution in [-0.2, 0) is 16.0 Å². The van der Waals surface area contributed by atoms with Crippen LogP contribution in [0.3, 0.4) is 0 Å². The van der Waals surface area contributed by atoms with Crippen LogP contribution in [0.5, 0.6) is 0 Å². The van der Waals surface area contributed by atoms with Crippen molar-refractivity contribution in [2.75, 3.05) is 45.9 Å². The number of aliphatic hydroxyl groups excluding tert-OH is 1. The molecular weight excluding hydrogens is 501 g/mol. The SMILES string of the molecule is O=C(c1ccc(-c2cc(Cl)c(CC3CN(N4CCCC4=O)CCC3O)c(Cl)c2)cc1)N1CCOCC1. The van der Waals surface area contributed by atoms with Gasteiger partial charge in [-0.15, -0.1) is 0 Å². The van der Waals surface area contributed by atoms with Gasteiger partial charge in [0.05, 0.1) is 19.3 Å². The Balaban J connectivity index is 1.29. The van der Waals surface area contributed by atoms with Crippen molar-refractivity contribution in [3.05, 3.63) is 57.6 Å². The third-order valence-electron chi connectivity index (χ3n) is 7.43. The summed E-state index contributed by atoms with van der Waals surface area (Å²) in [5, 5.41) is 15.7. The Morgan fingerprint density at radius 1 is 1.00 bits per heavy atom. The fourth-order valence-electron chi connectivity index (χ4n) is 5.33.